The van der Waals surface area contributed by atoms with Gasteiger partial charge in [-0.25, -0.2) is 4.79 Å². The Balaban J connectivity index is 1.63. The van der Waals surface area contributed by atoms with Crippen molar-refractivity contribution in [2.24, 2.45) is 17.1 Å². The summed E-state index contributed by atoms with van der Waals surface area (Å²) in [5.41, 5.74) is 5.02. The number of carbonyl (C=O) groups excluding carboxylic acids is 3. The van der Waals surface area contributed by atoms with Gasteiger partial charge in [0.2, 0.25) is 5.91 Å². The highest BCUT2D eigenvalue weighted by Crippen LogP contribution is 2.46. The van der Waals surface area contributed by atoms with E-state index < -0.39 is 11.6 Å². The van der Waals surface area contributed by atoms with Crippen LogP contribution in [-0.2, 0) is 9.59 Å². The van der Waals surface area contributed by atoms with Crippen molar-refractivity contribution in [1.29, 1.82) is 0 Å². The monoisotopic (exact) mass is 364 g/mol. The first-order valence-corrected chi connectivity index (χ1v) is 9.79. The molecule has 0 aromatic heterocycles. The zero-order chi connectivity index (χ0) is 19.1. The molecule has 3 aliphatic rings. The van der Waals surface area contributed by atoms with Crippen LogP contribution < -0.4 is 16.4 Å². The van der Waals surface area contributed by atoms with E-state index in [0.29, 0.717) is 18.8 Å². The van der Waals surface area contributed by atoms with Gasteiger partial charge < -0.3 is 16.4 Å². The Bertz CT molecular complexity index is 598. The van der Waals surface area contributed by atoms with Crippen LogP contribution in [0.4, 0.5) is 4.79 Å². The number of hydrogen-bond donors (Lipinski definition) is 3. The lowest BCUT2D eigenvalue weighted by atomic mass is 9.64. The lowest BCUT2D eigenvalue weighted by molar-refractivity contribution is -0.137. The number of amides is 4. The first-order valence-electron chi connectivity index (χ1n) is 9.79. The quantitative estimate of drug-likeness (QED) is 0.660. The lowest BCUT2D eigenvalue weighted by Crippen LogP contribution is -2.54. The molecule has 2 atom stereocenters. The van der Waals surface area contributed by atoms with Crippen LogP contribution in [0.25, 0.3) is 0 Å². The van der Waals surface area contributed by atoms with Crippen LogP contribution in [0.5, 0.6) is 0 Å². The van der Waals surface area contributed by atoms with Crippen LogP contribution in [0.15, 0.2) is 0 Å². The summed E-state index contributed by atoms with van der Waals surface area (Å²) in [5.74, 6) is -0.166. The van der Waals surface area contributed by atoms with Gasteiger partial charge in [-0.05, 0) is 56.3 Å². The third kappa shape index (κ3) is 3.87. The van der Waals surface area contributed by atoms with Crippen LogP contribution in [-0.4, -0.2) is 46.9 Å². The van der Waals surface area contributed by atoms with Crippen molar-refractivity contribution in [3.8, 4) is 0 Å². The number of imide groups is 1. The van der Waals surface area contributed by atoms with Gasteiger partial charge >= 0.3 is 6.03 Å². The Kier molecular flexibility index (Phi) is 5.03. The summed E-state index contributed by atoms with van der Waals surface area (Å²) < 4.78 is 0. The zero-order valence-electron chi connectivity index (χ0n) is 16.1. The Morgan fingerprint density at radius 2 is 1.88 bits per heavy atom. The van der Waals surface area contributed by atoms with Gasteiger partial charge in [-0.3, -0.25) is 14.5 Å². The van der Waals surface area contributed by atoms with Gasteiger partial charge in [-0.1, -0.05) is 20.8 Å². The fourth-order valence-corrected chi connectivity index (χ4v) is 5.33. The number of nitrogens with zero attached hydrogens (tertiary/aromatic N) is 1. The predicted molar refractivity (Wildman–Crippen MR) is 98.1 cm³/mol. The van der Waals surface area contributed by atoms with Gasteiger partial charge in [0.1, 0.15) is 12.1 Å². The zero-order valence-corrected chi connectivity index (χ0v) is 16.1. The maximum atomic E-state index is 13.0. The van der Waals surface area contributed by atoms with E-state index >= 15 is 0 Å². The highest BCUT2D eigenvalue weighted by molar-refractivity contribution is 6.09. The summed E-state index contributed by atoms with van der Waals surface area (Å²) in [4.78, 5) is 39.0. The molecule has 3 rings (SSSR count). The second kappa shape index (κ2) is 6.83. The van der Waals surface area contributed by atoms with Crippen molar-refractivity contribution in [2.75, 3.05) is 6.54 Å². The topological polar surface area (TPSA) is 105 Å². The molecule has 1 heterocycles. The highest BCUT2D eigenvalue weighted by Gasteiger charge is 2.56. The Labute approximate surface area is 155 Å². The summed E-state index contributed by atoms with van der Waals surface area (Å²) in [6, 6.07) is -0.142. The summed E-state index contributed by atoms with van der Waals surface area (Å²) in [6.07, 6.45) is 5.77. The van der Waals surface area contributed by atoms with E-state index in [1.165, 1.54) is 0 Å². The molecule has 4 amide bonds. The number of rotatable bonds is 3. The number of carbonyl (C=O) groups is 3. The first-order chi connectivity index (χ1) is 12.1. The molecule has 7 nitrogen and oxygen atoms in total. The molecule has 2 saturated carbocycles. The smallest absolute Gasteiger partial charge is 0.325 e. The van der Waals surface area contributed by atoms with E-state index in [-0.39, 0.29) is 35.9 Å². The summed E-state index contributed by atoms with van der Waals surface area (Å²) in [7, 11) is 0. The fourth-order valence-electron chi connectivity index (χ4n) is 5.33. The minimum atomic E-state index is -0.851. The van der Waals surface area contributed by atoms with Crippen LogP contribution in [0.1, 0.15) is 65.7 Å². The Morgan fingerprint density at radius 1 is 1.23 bits per heavy atom. The van der Waals surface area contributed by atoms with Gasteiger partial charge in [0, 0.05) is 12.1 Å². The van der Waals surface area contributed by atoms with E-state index in [9.17, 15) is 14.4 Å². The molecule has 2 aliphatic carbocycles. The number of nitrogens with one attached hydrogen (secondary N) is 2. The van der Waals surface area contributed by atoms with E-state index in [2.05, 4.69) is 31.4 Å². The number of hydrogen-bond acceptors (Lipinski definition) is 4. The van der Waals surface area contributed by atoms with Gasteiger partial charge in [0.25, 0.3) is 5.91 Å². The molecule has 3 fully saturated rings. The molecule has 4 N–H and O–H groups in total. The molecule has 0 bridgehead atoms. The van der Waals surface area contributed by atoms with Crippen molar-refractivity contribution in [3.05, 3.63) is 0 Å². The molecular weight excluding hydrogens is 332 g/mol. The SMILES string of the molecule is CC1CC(C)(C)CC2(C1)NC(=O)N(CC(=O)NC1CCC(N)CC1)C2=O. The Hall–Kier alpha value is -1.63. The average Bonchev–Trinajstić information content (AvgIpc) is 2.71. The maximum Gasteiger partial charge on any atom is 0.325 e. The molecule has 26 heavy (non-hydrogen) atoms. The third-order valence-corrected chi connectivity index (χ3v) is 6.06. The largest absolute Gasteiger partial charge is 0.352 e. The van der Waals surface area contributed by atoms with Crippen LogP contribution >= 0.6 is 0 Å². The molecule has 7 heteroatoms. The van der Waals surface area contributed by atoms with Gasteiger partial charge in [0.05, 0.1) is 0 Å². The van der Waals surface area contributed by atoms with Crippen LogP contribution in [0, 0.1) is 11.3 Å². The standard InChI is InChI=1S/C19H32N4O3/c1-12-8-18(2,3)11-19(9-12)16(25)23(17(26)22-19)10-15(24)21-14-6-4-13(20)5-7-14/h12-14H,4-11,20H2,1-3H3,(H,21,24)(H,22,26). The average molecular weight is 364 g/mol. The summed E-state index contributed by atoms with van der Waals surface area (Å²) in [5, 5.41) is 5.87. The highest BCUT2D eigenvalue weighted by atomic mass is 16.2. The first kappa shape index (κ1) is 19.1. The second-order valence-electron chi connectivity index (χ2n) is 9.44. The summed E-state index contributed by atoms with van der Waals surface area (Å²) in [6.45, 7) is 6.18. The molecule has 0 aromatic rings. The van der Waals surface area contributed by atoms with Crippen LogP contribution in [0.3, 0.4) is 0 Å². The molecule has 0 aromatic carbocycles. The molecule has 0 radical (unpaired) electrons. The van der Waals surface area contributed by atoms with Crippen molar-refractivity contribution >= 4 is 17.8 Å². The summed E-state index contributed by atoms with van der Waals surface area (Å²) >= 11 is 0. The number of urea groups is 1. The molecule has 146 valence electrons. The molecule has 1 aliphatic heterocycles. The van der Waals surface area contributed by atoms with Crippen molar-refractivity contribution < 1.29 is 14.4 Å². The fraction of sp³-hybridized carbons (Fsp3) is 0.842. The second-order valence-corrected chi connectivity index (χ2v) is 9.44. The maximum absolute atomic E-state index is 13.0. The number of nitrogens with two attached hydrogens (primary N) is 1. The Morgan fingerprint density at radius 3 is 2.50 bits per heavy atom. The van der Waals surface area contributed by atoms with E-state index in [1.807, 2.05) is 0 Å². The predicted octanol–water partition coefficient (Wildman–Crippen LogP) is 1.51. The van der Waals surface area contributed by atoms with Gasteiger partial charge in [0.15, 0.2) is 0 Å². The normalized spacial score (nSPS) is 36.9. The van der Waals surface area contributed by atoms with Gasteiger partial charge in [-0.15, -0.1) is 0 Å². The van der Waals surface area contributed by atoms with Crippen LogP contribution in [0.2, 0.25) is 0 Å². The van der Waals surface area contributed by atoms with Crippen molar-refractivity contribution in [3.63, 3.8) is 0 Å². The van der Waals surface area contributed by atoms with Crippen molar-refractivity contribution in [2.45, 2.75) is 83.3 Å². The van der Waals surface area contributed by atoms with Crippen molar-refractivity contribution in [1.82, 2.24) is 15.5 Å². The van der Waals surface area contributed by atoms with Gasteiger partial charge in [-0.2, -0.15) is 0 Å². The van der Waals surface area contributed by atoms with E-state index in [4.69, 9.17) is 5.73 Å². The molecule has 2 unspecified atom stereocenters. The third-order valence-electron chi connectivity index (χ3n) is 6.06. The minimum absolute atomic E-state index is 0.0141. The molecular formula is C19H32N4O3. The lowest BCUT2D eigenvalue weighted by Gasteiger charge is -2.43. The van der Waals surface area contributed by atoms with E-state index in [0.717, 1.165) is 37.0 Å². The molecule has 1 spiro atoms. The minimum Gasteiger partial charge on any atom is -0.352 e. The van der Waals surface area contributed by atoms with E-state index in [1.54, 1.807) is 0 Å². The molecule has 1 saturated heterocycles.